The maximum atomic E-state index is 10.6. The van der Waals surface area contributed by atoms with Crippen LogP contribution in [0.15, 0.2) is 22.8 Å². The Morgan fingerprint density at radius 1 is 0.396 bits per heavy atom. The first-order chi connectivity index (χ1) is 23.4. The molecule has 0 rings (SSSR count). The predicted molar refractivity (Wildman–Crippen MR) is 209 cm³/mol. The van der Waals surface area contributed by atoms with Gasteiger partial charge in [-0.05, 0) is 76.4 Å². The summed E-state index contributed by atoms with van der Waals surface area (Å²) in [6.45, 7) is 6.98. The Morgan fingerprint density at radius 2 is 0.688 bits per heavy atom. The second-order valence-electron chi connectivity index (χ2n) is 15.0. The van der Waals surface area contributed by atoms with Crippen molar-refractivity contribution in [1.29, 1.82) is 0 Å². The summed E-state index contributed by atoms with van der Waals surface area (Å²) in [5.41, 5.74) is 4.87. The molecule has 0 spiro atoms. The third kappa shape index (κ3) is 34.3. The smallest absolute Gasteiger partial charge is 0.303 e. The van der Waals surface area contributed by atoms with Crippen LogP contribution in [0.4, 0.5) is 0 Å². The molecule has 4 nitrogen and oxygen atoms in total. The molecule has 0 aromatic rings. The van der Waals surface area contributed by atoms with E-state index in [1.54, 1.807) is 11.1 Å². The van der Waals surface area contributed by atoms with Crippen LogP contribution in [0.2, 0.25) is 0 Å². The molecule has 0 aromatic carbocycles. The summed E-state index contributed by atoms with van der Waals surface area (Å²) in [6, 6.07) is 0. The lowest BCUT2D eigenvalue weighted by Crippen LogP contribution is -1.96. The molecule has 0 fully saturated rings. The molecule has 0 heterocycles. The highest BCUT2D eigenvalue weighted by Crippen LogP contribution is 2.28. The number of allylic oxidation sites excluding steroid dienone is 4. The van der Waals surface area contributed by atoms with Crippen molar-refractivity contribution in [3.63, 3.8) is 0 Å². The van der Waals surface area contributed by atoms with E-state index >= 15 is 0 Å². The van der Waals surface area contributed by atoms with Gasteiger partial charge in [-0.3, -0.25) is 9.59 Å². The van der Waals surface area contributed by atoms with Gasteiger partial charge in [0.1, 0.15) is 0 Å². The van der Waals surface area contributed by atoms with Gasteiger partial charge in [0.2, 0.25) is 0 Å². The first-order valence-electron chi connectivity index (χ1n) is 21.2. The summed E-state index contributed by atoms with van der Waals surface area (Å²) in [5.74, 6) is -1.32. The number of carbonyl (C=O) groups is 2. The van der Waals surface area contributed by atoms with Crippen LogP contribution in [0.5, 0.6) is 0 Å². The molecule has 4 heteroatoms. The van der Waals surface area contributed by atoms with E-state index in [9.17, 15) is 9.59 Å². The van der Waals surface area contributed by atoms with E-state index in [4.69, 9.17) is 10.2 Å². The normalized spacial score (nSPS) is 11.7. The van der Waals surface area contributed by atoms with E-state index in [-0.39, 0.29) is 0 Å². The minimum absolute atomic E-state index is 0.326. The molecule has 0 aliphatic rings. The van der Waals surface area contributed by atoms with E-state index in [0.29, 0.717) is 12.8 Å². The number of hydrogen-bond donors (Lipinski definition) is 2. The fraction of sp³-hybridized carbons (Fsp3) is 0.864. The van der Waals surface area contributed by atoms with Gasteiger partial charge in [0.15, 0.2) is 0 Å². The van der Waals surface area contributed by atoms with Crippen LogP contribution in [-0.4, -0.2) is 22.2 Å². The lowest BCUT2D eigenvalue weighted by Gasteiger charge is -2.16. The molecular weight excluding hydrogens is 592 g/mol. The van der Waals surface area contributed by atoms with Crippen molar-refractivity contribution < 1.29 is 19.8 Å². The lowest BCUT2D eigenvalue weighted by molar-refractivity contribution is -0.138. The average Bonchev–Trinajstić information content (AvgIpc) is 3.05. The zero-order valence-electron chi connectivity index (χ0n) is 32.5. The Balaban J connectivity index is 4.24. The van der Waals surface area contributed by atoms with Crippen molar-refractivity contribution in [1.82, 2.24) is 0 Å². The van der Waals surface area contributed by atoms with Gasteiger partial charge in [-0.25, -0.2) is 0 Å². The molecule has 0 atom stereocenters. The molecule has 48 heavy (non-hydrogen) atoms. The summed E-state index contributed by atoms with van der Waals surface area (Å²) in [7, 11) is 0. The van der Waals surface area contributed by atoms with Gasteiger partial charge in [0, 0.05) is 12.8 Å². The Labute approximate surface area is 299 Å². The van der Waals surface area contributed by atoms with Crippen LogP contribution < -0.4 is 0 Å². The third-order valence-electron chi connectivity index (χ3n) is 10.1. The maximum absolute atomic E-state index is 10.6. The highest BCUT2D eigenvalue weighted by Gasteiger charge is 2.08. The second-order valence-corrected chi connectivity index (χ2v) is 15.0. The molecule has 2 N–H and O–H groups in total. The minimum Gasteiger partial charge on any atom is -0.481 e. The van der Waals surface area contributed by atoms with E-state index in [1.807, 2.05) is 0 Å². The quantitative estimate of drug-likeness (QED) is 0.0505. The molecule has 0 aromatic heterocycles. The van der Waals surface area contributed by atoms with Gasteiger partial charge in [-0.15, -0.1) is 0 Å². The number of unbranched alkanes of at least 4 members (excludes halogenated alkanes) is 28. The number of rotatable bonds is 38. The Hall–Kier alpha value is -1.58. The predicted octanol–water partition coefficient (Wildman–Crippen LogP) is 15.1. The molecule has 0 saturated heterocycles. The number of hydrogen-bond acceptors (Lipinski definition) is 2. The van der Waals surface area contributed by atoms with Gasteiger partial charge in [0.05, 0.1) is 0 Å². The van der Waals surface area contributed by atoms with Crippen LogP contribution in [0, 0.1) is 0 Å². The topological polar surface area (TPSA) is 74.6 Å². The number of carboxylic acids is 2. The zero-order valence-corrected chi connectivity index (χ0v) is 32.5. The van der Waals surface area contributed by atoms with Crippen molar-refractivity contribution in [2.24, 2.45) is 0 Å². The molecule has 0 radical (unpaired) electrons. The van der Waals surface area contributed by atoms with Crippen molar-refractivity contribution in [2.75, 3.05) is 0 Å². The van der Waals surface area contributed by atoms with Gasteiger partial charge in [0.25, 0.3) is 0 Å². The highest BCUT2D eigenvalue weighted by molar-refractivity contribution is 5.66. The summed E-state index contributed by atoms with van der Waals surface area (Å²) >= 11 is 0. The Kier molecular flexibility index (Phi) is 35.5. The Bertz CT molecular complexity index is 792. The van der Waals surface area contributed by atoms with Gasteiger partial charge >= 0.3 is 11.9 Å². The lowest BCUT2D eigenvalue weighted by atomic mass is 9.90. The van der Waals surface area contributed by atoms with E-state index in [0.717, 1.165) is 25.7 Å². The summed E-state index contributed by atoms with van der Waals surface area (Å²) < 4.78 is 0. The summed E-state index contributed by atoms with van der Waals surface area (Å²) in [5, 5.41) is 17.5. The molecule has 0 bridgehead atoms. The van der Waals surface area contributed by atoms with Gasteiger partial charge < -0.3 is 10.2 Å². The largest absolute Gasteiger partial charge is 0.481 e. The fourth-order valence-corrected chi connectivity index (χ4v) is 7.01. The monoisotopic (exact) mass is 675 g/mol. The van der Waals surface area contributed by atoms with E-state index < -0.39 is 11.9 Å². The molecule has 282 valence electrons. The molecule has 0 saturated carbocycles. The van der Waals surface area contributed by atoms with Gasteiger partial charge in [-0.1, -0.05) is 179 Å². The summed E-state index contributed by atoms with van der Waals surface area (Å²) in [6.07, 6.45) is 45.6. The van der Waals surface area contributed by atoms with Crippen LogP contribution in [-0.2, 0) is 9.59 Å². The average molecular weight is 675 g/mol. The Morgan fingerprint density at radius 3 is 1.02 bits per heavy atom. The van der Waals surface area contributed by atoms with Crippen LogP contribution in [0.25, 0.3) is 0 Å². The maximum Gasteiger partial charge on any atom is 0.303 e. The first kappa shape index (κ1) is 46.4. The molecular formula is C44H82O4. The standard InChI is InChI=1S/C44H82O4/c1-4-5-6-7-20-25-30-35-41(36-31-26-21-16-15-19-24-29-34-39-44(47)48)42(40(2)3)37-32-27-22-17-13-11-9-8-10-12-14-18-23-28-33-38-43(45)46/h35H,4-34,36-39H2,1-3H3,(H,45,46)(H,47,48). The molecule has 0 aliphatic heterocycles. The zero-order chi connectivity index (χ0) is 35.3. The van der Waals surface area contributed by atoms with E-state index in [1.165, 1.54) is 192 Å². The van der Waals surface area contributed by atoms with Gasteiger partial charge in [-0.2, -0.15) is 0 Å². The van der Waals surface area contributed by atoms with Crippen molar-refractivity contribution >= 4 is 11.9 Å². The minimum atomic E-state index is -0.660. The second kappa shape index (κ2) is 36.7. The van der Waals surface area contributed by atoms with Crippen LogP contribution in [0.3, 0.4) is 0 Å². The summed E-state index contributed by atoms with van der Waals surface area (Å²) in [4.78, 5) is 21.2. The van der Waals surface area contributed by atoms with Crippen LogP contribution >= 0.6 is 0 Å². The van der Waals surface area contributed by atoms with Crippen molar-refractivity contribution in [2.45, 2.75) is 245 Å². The number of carboxylic acid groups (broad SMARTS) is 2. The van der Waals surface area contributed by atoms with Crippen LogP contribution in [0.1, 0.15) is 245 Å². The molecule has 0 unspecified atom stereocenters. The van der Waals surface area contributed by atoms with E-state index in [2.05, 4.69) is 26.8 Å². The number of aliphatic carboxylic acids is 2. The van der Waals surface area contributed by atoms with Crippen molar-refractivity contribution in [3.05, 3.63) is 22.8 Å². The molecule has 0 aliphatic carbocycles. The molecule has 0 amide bonds. The highest BCUT2D eigenvalue weighted by atomic mass is 16.4. The third-order valence-corrected chi connectivity index (χ3v) is 10.1. The first-order valence-corrected chi connectivity index (χ1v) is 21.2. The SMILES string of the molecule is CCCCCCCCC=C(CCCCCCCCCCCC(=O)O)C(CCCCCCCCCCCCCCCCCC(=O)O)=C(C)C. The fourth-order valence-electron chi connectivity index (χ4n) is 7.01. The van der Waals surface area contributed by atoms with Crippen molar-refractivity contribution in [3.8, 4) is 0 Å².